The van der Waals surface area contributed by atoms with Gasteiger partial charge in [0.05, 0.1) is 6.21 Å². The largest absolute Gasteiger partial charge is 0.508 e. The molecule has 2 N–H and O–H groups in total. The third-order valence-corrected chi connectivity index (χ3v) is 2.66. The lowest BCUT2D eigenvalue weighted by Crippen LogP contribution is -2.18. The molecule has 5 heteroatoms. The lowest BCUT2D eigenvalue weighted by molar-refractivity contribution is 0.450. The molecule has 0 aliphatic carbocycles. The van der Waals surface area contributed by atoms with E-state index in [1.807, 2.05) is 13.0 Å². The molecule has 1 heterocycles. The lowest BCUT2D eigenvalue weighted by Gasteiger charge is -2.04. The lowest BCUT2D eigenvalue weighted by atomic mass is 10.2. The topological polar surface area (TPSA) is 74.8 Å². The van der Waals surface area contributed by atoms with Crippen molar-refractivity contribution >= 4 is 6.21 Å². The molecular formula is C14H14N2O3. The molecule has 98 valence electrons. The number of aromatic hydroxyl groups is 2. The van der Waals surface area contributed by atoms with Gasteiger partial charge in [0.25, 0.3) is 5.56 Å². The van der Waals surface area contributed by atoms with Gasteiger partial charge >= 0.3 is 0 Å². The average molecular weight is 258 g/mol. The highest BCUT2D eigenvalue weighted by Gasteiger charge is 2.01. The minimum atomic E-state index is -0.230. The second kappa shape index (κ2) is 4.97. The van der Waals surface area contributed by atoms with Gasteiger partial charge < -0.3 is 10.2 Å². The predicted octanol–water partition coefficient (Wildman–Crippen LogP) is 1.76. The van der Waals surface area contributed by atoms with E-state index in [2.05, 4.69) is 5.10 Å². The van der Waals surface area contributed by atoms with Crippen LogP contribution >= 0.6 is 0 Å². The summed E-state index contributed by atoms with van der Waals surface area (Å²) in [7, 11) is 0. The Hall–Kier alpha value is -2.56. The van der Waals surface area contributed by atoms with Crippen LogP contribution in [0.15, 0.2) is 40.2 Å². The van der Waals surface area contributed by atoms with E-state index in [1.54, 1.807) is 6.92 Å². The van der Waals surface area contributed by atoms with Crippen molar-refractivity contribution in [2.75, 3.05) is 0 Å². The van der Waals surface area contributed by atoms with Gasteiger partial charge in [0, 0.05) is 23.4 Å². The molecule has 0 saturated carbocycles. The van der Waals surface area contributed by atoms with Crippen LogP contribution in [-0.2, 0) is 0 Å². The summed E-state index contributed by atoms with van der Waals surface area (Å²) in [5.41, 5.74) is 1.78. The van der Waals surface area contributed by atoms with Crippen LogP contribution in [0.1, 0.15) is 16.8 Å². The van der Waals surface area contributed by atoms with Crippen molar-refractivity contribution in [1.82, 2.24) is 4.68 Å². The molecule has 2 aromatic rings. The molecule has 0 aliphatic rings. The Morgan fingerprint density at radius 1 is 1.16 bits per heavy atom. The molecule has 19 heavy (non-hydrogen) atoms. The minimum absolute atomic E-state index is 0.0293. The number of phenolic OH excluding ortho intramolecular Hbond substituents is 2. The summed E-state index contributed by atoms with van der Waals surface area (Å²) >= 11 is 0. The fraction of sp³-hybridized carbons (Fsp3) is 0.143. The number of phenols is 2. The number of aromatic nitrogens is 1. The van der Waals surface area contributed by atoms with Gasteiger partial charge in [-0.05, 0) is 37.6 Å². The SMILES string of the molecule is Cc1cc(C)n(/N=C/c2ccc(O)cc2O)c(=O)c1. The first-order valence-electron chi connectivity index (χ1n) is 5.74. The van der Waals surface area contributed by atoms with E-state index in [9.17, 15) is 15.0 Å². The van der Waals surface area contributed by atoms with E-state index in [1.165, 1.54) is 35.2 Å². The first-order chi connectivity index (χ1) is 8.97. The molecule has 2 rings (SSSR count). The van der Waals surface area contributed by atoms with Gasteiger partial charge in [-0.2, -0.15) is 5.10 Å². The summed E-state index contributed by atoms with van der Waals surface area (Å²) in [6, 6.07) is 7.50. The van der Waals surface area contributed by atoms with Gasteiger partial charge in [0.2, 0.25) is 0 Å². The van der Waals surface area contributed by atoms with Crippen LogP contribution in [0.2, 0.25) is 0 Å². The van der Waals surface area contributed by atoms with Crippen LogP contribution in [0.5, 0.6) is 11.5 Å². The van der Waals surface area contributed by atoms with Crippen LogP contribution in [0, 0.1) is 13.8 Å². The van der Waals surface area contributed by atoms with Gasteiger partial charge in [-0.15, -0.1) is 0 Å². The molecule has 1 aromatic heterocycles. The van der Waals surface area contributed by atoms with Crippen LogP contribution in [-0.4, -0.2) is 21.1 Å². The highest BCUT2D eigenvalue weighted by atomic mass is 16.3. The summed E-state index contributed by atoms with van der Waals surface area (Å²) in [4.78, 5) is 11.8. The Morgan fingerprint density at radius 3 is 2.53 bits per heavy atom. The van der Waals surface area contributed by atoms with Crippen LogP contribution < -0.4 is 5.56 Å². The number of benzene rings is 1. The van der Waals surface area contributed by atoms with Crippen molar-refractivity contribution < 1.29 is 10.2 Å². The van der Waals surface area contributed by atoms with E-state index in [0.29, 0.717) is 11.3 Å². The zero-order valence-corrected chi connectivity index (χ0v) is 10.7. The fourth-order valence-corrected chi connectivity index (χ4v) is 1.77. The monoisotopic (exact) mass is 258 g/mol. The molecule has 0 radical (unpaired) electrons. The Kier molecular flexibility index (Phi) is 3.37. The first kappa shape index (κ1) is 12.9. The van der Waals surface area contributed by atoms with Crippen LogP contribution in [0.25, 0.3) is 0 Å². The van der Waals surface area contributed by atoms with E-state index < -0.39 is 0 Å². The van der Waals surface area contributed by atoms with Gasteiger partial charge in [-0.1, -0.05) is 0 Å². The molecular weight excluding hydrogens is 244 g/mol. The number of rotatable bonds is 2. The maximum atomic E-state index is 11.8. The first-order valence-corrected chi connectivity index (χ1v) is 5.74. The Bertz CT molecular complexity index is 702. The van der Waals surface area contributed by atoms with E-state index in [0.717, 1.165) is 5.56 Å². The van der Waals surface area contributed by atoms with Crippen LogP contribution in [0.3, 0.4) is 0 Å². The zero-order chi connectivity index (χ0) is 14.0. The molecule has 0 aliphatic heterocycles. The van der Waals surface area contributed by atoms with Gasteiger partial charge in [-0.3, -0.25) is 4.79 Å². The molecule has 0 bridgehead atoms. The highest BCUT2D eigenvalue weighted by molar-refractivity contribution is 5.83. The summed E-state index contributed by atoms with van der Waals surface area (Å²) < 4.78 is 1.25. The fourth-order valence-electron chi connectivity index (χ4n) is 1.77. The summed E-state index contributed by atoms with van der Waals surface area (Å²) in [5, 5.41) is 22.8. The molecule has 0 atom stereocenters. The summed E-state index contributed by atoms with van der Waals surface area (Å²) in [5.74, 6) is -0.125. The van der Waals surface area contributed by atoms with E-state index in [-0.39, 0.29) is 17.1 Å². The highest BCUT2D eigenvalue weighted by Crippen LogP contribution is 2.20. The molecule has 0 saturated heterocycles. The van der Waals surface area contributed by atoms with Gasteiger partial charge in [-0.25, -0.2) is 4.68 Å². The Labute approximate surface area is 110 Å². The summed E-state index contributed by atoms with van der Waals surface area (Å²) in [6.45, 7) is 3.62. The van der Waals surface area contributed by atoms with Crippen LogP contribution in [0.4, 0.5) is 0 Å². The predicted molar refractivity (Wildman–Crippen MR) is 72.9 cm³/mol. The third-order valence-electron chi connectivity index (χ3n) is 2.66. The maximum absolute atomic E-state index is 11.8. The van der Waals surface area contributed by atoms with Gasteiger partial charge in [0.15, 0.2) is 0 Å². The number of hydrogen-bond acceptors (Lipinski definition) is 4. The maximum Gasteiger partial charge on any atom is 0.271 e. The van der Waals surface area contributed by atoms with E-state index >= 15 is 0 Å². The molecule has 0 spiro atoms. The Balaban J connectivity index is 2.41. The van der Waals surface area contributed by atoms with E-state index in [4.69, 9.17) is 0 Å². The van der Waals surface area contributed by atoms with Crippen molar-refractivity contribution in [1.29, 1.82) is 0 Å². The third kappa shape index (κ3) is 2.82. The normalized spacial score (nSPS) is 11.1. The molecule has 5 nitrogen and oxygen atoms in total. The zero-order valence-electron chi connectivity index (χ0n) is 10.7. The average Bonchev–Trinajstić information content (AvgIpc) is 2.30. The number of pyridine rings is 1. The van der Waals surface area contributed by atoms with Crippen molar-refractivity contribution in [2.24, 2.45) is 5.10 Å². The number of nitrogens with zero attached hydrogens (tertiary/aromatic N) is 2. The quantitative estimate of drug-likeness (QED) is 0.806. The standard InChI is InChI=1S/C14H14N2O3/c1-9-5-10(2)16(14(19)6-9)15-8-11-3-4-12(17)7-13(11)18/h3-8,17-18H,1-2H3/b15-8+. The number of hydrogen-bond donors (Lipinski definition) is 2. The van der Waals surface area contributed by atoms with Crippen molar-refractivity contribution in [3.8, 4) is 11.5 Å². The molecule has 1 aromatic carbocycles. The molecule has 0 amide bonds. The molecule has 0 unspecified atom stereocenters. The second-order valence-corrected chi connectivity index (χ2v) is 4.31. The molecule has 0 fully saturated rings. The van der Waals surface area contributed by atoms with Gasteiger partial charge in [0.1, 0.15) is 11.5 Å². The van der Waals surface area contributed by atoms with Crippen molar-refractivity contribution in [3.63, 3.8) is 0 Å². The smallest absolute Gasteiger partial charge is 0.271 e. The van der Waals surface area contributed by atoms with Crippen molar-refractivity contribution in [3.05, 3.63) is 57.5 Å². The Morgan fingerprint density at radius 2 is 1.89 bits per heavy atom. The minimum Gasteiger partial charge on any atom is -0.508 e. The second-order valence-electron chi connectivity index (χ2n) is 4.31. The number of aryl methyl sites for hydroxylation is 2. The summed E-state index contributed by atoms with van der Waals surface area (Å²) in [6.07, 6.45) is 1.37. The van der Waals surface area contributed by atoms with Crippen molar-refractivity contribution in [2.45, 2.75) is 13.8 Å².